The maximum atomic E-state index is 14.3. The second-order valence-corrected chi connectivity index (χ2v) is 9.40. The third-order valence-electron chi connectivity index (χ3n) is 6.16. The van der Waals surface area contributed by atoms with E-state index in [-0.39, 0.29) is 47.0 Å². The first-order valence-corrected chi connectivity index (χ1v) is 12.2. The molecule has 0 saturated heterocycles. The Bertz CT molecular complexity index is 1580. The molecule has 2 fully saturated rings. The standard InChI is InChI=1S/C24H31FN6O4S/c1-3-8-36-24-27-22(26-16-10-14(16)13-5-4-12(2)15(25)9-13)19-23(28-24)31(30-29-19)17-11-18(35-7-6-32)21(34)20(17)33/h4-5,9,14,16-18,20-21,32-34H,3,6-8,10-11H2,1-2H3,(H,26,27,28)/t14-,16+,17+,18-,20-,21+/m0/s1/i6D2,7D2,8D2,14D,16D. The van der Waals surface area contributed by atoms with Gasteiger partial charge in [-0.1, -0.05) is 36.0 Å². The molecule has 0 radical (unpaired) electrons. The number of rotatable bonds is 10. The van der Waals surface area contributed by atoms with Crippen LogP contribution in [0.3, 0.4) is 0 Å². The first kappa shape index (κ1) is 17.2. The molecule has 2 aromatic heterocycles. The van der Waals surface area contributed by atoms with Gasteiger partial charge in [0.15, 0.2) is 22.1 Å². The molecule has 6 atom stereocenters. The third-order valence-corrected chi connectivity index (χ3v) is 6.96. The molecular weight excluding hydrogens is 487 g/mol. The highest BCUT2D eigenvalue weighted by Gasteiger charge is 2.45. The van der Waals surface area contributed by atoms with Gasteiger partial charge >= 0.3 is 0 Å². The van der Waals surface area contributed by atoms with Crippen molar-refractivity contribution < 1.29 is 35.4 Å². The van der Waals surface area contributed by atoms with Gasteiger partial charge < -0.3 is 25.4 Å². The monoisotopic (exact) mass is 526 g/mol. The molecule has 0 aliphatic heterocycles. The number of fused-ring (bicyclic) bond motifs is 1. The van der Waals surface area contributed by atoms with Crippen molar-refractivity contribution in [1.82, 2.24) is 25.0 Å². The van der Waals surface area contributed by atoms with E-state index in [2.05, 4.69) is 25.6 Å². The summed E-state index contributed by atoms with van der Waals surface area (Å²) in [5, 5.41) is 41.9. The second kappa shape index (κ2) is 10.5. The van der Waals surface area contributed by atoms with Crippen molar-refractivity contribution in [1.29, 1.82) is 0 Å². The summed E-state index contributed by atoms with van der Waals surface area (Å²) in [5.74, 6) is -2.15. The molecule has 12 heteroatoms. The van der Waals surface area contributed by atoms with Crippen molar-refractivity contribution >= 4 is 28.7 Å². The lowest BCUT2D eigenvalue weighted by atomic mass is 10.1. The van der Waals surface area contributed by atoms with Gasteiger partial charge in [0.25, 0.3) is 0 Å². The van der Waals surface area contributed by atoms with Gasteiger partial charge in [-0.15, -0.1) is 5.10 Å². The van der Waals surface area contributed by atoms with Crippen LogP contribution in [0.25, 0.3) is 11.2 Å². The van der Waals surface area contributed by atoms with Crippen molar-refractivity contribution in [3.8, 4) is 0 Å². The van der Waals surface area contributed by atoms with Crippen LogP contribution >= 0.6 is 11.8 Å². The van der Waals surface area contributed by atoms with Crippen molar-refractivity contribution in [2.45, 2.75) is 74.5 Å². The fourth-order valence-electron chi connectivity index (χ4n) is 4.18. The highest BCUT2D eigenvalue weighted by molar-refractivity contribution is 7.99. The molecule has 10 nitrogen and oxygen atoms in total. The quantitative estimate of drug-likeness (QED) is 0.230. The average Bonchev–Trinajstić information content (AvgIpc) is 3.15. The number of aromatic nitrogens is 5. The Morgan fingerprint density at radius 2 is 2.14 bits per heavy atom. The highest BCUT2D eigenvalue weighted by Crippen LogP contribution is 2.44. The Hall–Kier alpha value is -2.38. The number of nitrogens with one attached hydrogen (secondary N) is 1. The van der Waals surface area contributed by atoms with Crippen molar-refractivity contribution in [2.75, 3.05) is 24.1 Å². The molecule has 0 bridgehead atoms. The molecule has 2 heterocycles. The van der Waals surface area contributed by atoms with Gasteiger partial charge in [-0.2, -0.15) is 0 Å². The van der Waals surface area contributed by atoms with E-state index in [0.29, 0.717) is 17.3 Å². The summed E-state index contributed by atoms with van der Waals surface area (Å²) in [4.78, 5) is 8.75. The summed E-state index contributed by atoms with van der Waals surface area (Å²) < 4.78 is 84.7. The summed E-state index contributed by atoms with van der Waals surface area (Å²) in [7, 11) is 0. The van der Waals surface area contributed by atoms with Crippen molar-refractivity contribution in [3.05, 3.63) is 35.1 Å². The summed E-state index contributed by atoms with van der Waals surface area (Å²) in [5.41, 5.74) is -1.21. The molecule has 0 spiro atoms. The number of aliphatic hydroxyl groups is 3. The van der Waals surface area contributed by atoms with E-state index in [9.17, 15) is 19.7 Å². The number of benzene rings is 1. The van der Waals surface area contributed by atoms with Gasteiger partial charge in [-0.3, -0.25) is 0 Å². The van der Waals surface area contributed by atoms with Crippen LogP contribution in [0.15, 0.2) is 23.4 Å². The minimum absolute atomic E-state index is 0.0181. The lowest BCUT2D eigenvalue weighted by Crippen LogP contribution is -2.33. The zero-order chi connectivity index (χ0) is 32.6. The van der Waals surface area contributed by atoms with Crippen LogP contribution in [0, 0.1) is 12.7 Å². The lowest BCUT2D eigenvalue weighted by Gasteiger charge is -2.17. The number of nitrogens with zero attached hydrogens (tertiary/aromatic N) is 5. The van der Waals surface area contributed by atoms with E-state index in [1.807, 2.05) is 0 Å². The molecule has 1 aromatic carbocycles. The molecule has 2 aliphatic carbocycles. The van der Waals surface area contributed by atoms with Gasteiger partial charge in [-0.05, 0) is 37.0 Å². The molecule has 194 valence electrons. The third kappa shape index (κ3) is 4.92. The molecule has 0 unspecified atom stereocenters. The minimum Gasteiger partial charge on any atom is -0.394 e. The van der Waals surface area contributed by atoms with Gasteiger partial charge in [0.05, 0.1) is 32.1 Å². The maximum absolute atomic E-state index is 14.3. The number of hydrogen-bond donors (Lipinski definition) is 4. The predicted octanol–water partition coefficient (Wildman–Crippen LogP) is 2.18. The van der Waals surface area contributed by atoms with E-state index < -0.39 is 60.9 Å². The van der Waals surface area contributed by atoms with Gasteiger partial charge in [0.1, 0.15) is 18.0 Å². The first-order chi connectivity index (χ1) is 20.2. The number of halogens is 1. The molecule has 5 rings (SSSR count). The van der Waals surface area contributed by atoms with E-state index >= 15 is 0 Å². The molecule has 2 aliphatic rings. The molecule has 36 heavy (non-hydrogen) atoms. The Kier molecular flexibility index (Phi) is 5.03. The number of anilines is 1. The van der Waals surface area contributed by atoms with Crippen LogP contribution in [0.4, 0.5) is 10.2 Å². The maximum Gasteiger partial charge on any atom is 0.191 e. The van der Waals surface area contributed by atoms with Crippen molar-refractivity contribution in [3.63, 3.8) is 0 Å². The number of thioether (sulfide) groups is 1. The topological polar surface area (TPSA) is 138 Å². The predicted molar refractivity (Wildman–Crippen MR) is 133 cm³/mol. The van der Waals surface area contributed by atoms with Crippen LogP contribution in [0.2, 0.25) is 0 Å². The SMILES string of the molecule is [2H]C([2H])(CC)Sc1nc(N[C@]2([2H])C[C@@]2([2H])c2ccc(C)c(F)c2)c2nnn([C@@H]3C[C@H](OC([2H])([2H])C([2H])([2H])O)[C@@H](O)[C@H]3O)c2n1. The van der Waals surface area contributed by atoms with E-state index in [4.69, 9.17) is 15.7 Å². The Morgan fingerprint density at radius 1 is 1.31 bits per heavy atom. The number of aryl methyl sites for hydroxylation is 1. The summed E-state index contributed by atoms with van der Waals surface area (Å²) >= 11 is 0.677. The first-order valence-electron chi connectivity index (χ1n) is 15.3. The molecule has 3 aromatic rings. The number of aliphatic hydroxyl groups excluding tert-OH is 2. The van der Waals surface area contributed by atoms with Gasteiger partial charge in [0, 0.05) is 28.1 Å². The molecule has 4 N–H and O–H groups in total. The van der Waals surface area contributed by atoms with Crippen LogP contribution in [-0.2, 0) is 4.74 Å². The van der Waals surface area contributed by atoms with E-state index in [1.165, 1.54) is 12.1 Å². The molecule has 0 amide bonds. The largest absolute Gasteiger partial charge is 0.394 e. The Morgan fingerprint density at radius 3 is 2.89 bits per heavy atom. The summed E-state index contributed by atoms with van der Waals surface area (Å²) in [6.45, 7) is -3.44. The zero-order valence-corrected chi connectivity index (χ0v) is 20.3. The fraction of sp³-hybridized carbons (Fsp3) is 0.583. The molecular formula is C24H31FN6O4S. The minimum atomic E-state index is -3.42. The normalized spacial score (nSPS) is 36.2. The lowest BCUT2D eigenvalue weighted by molar-refractivity contribution is -0.0629. The second-order valence-electron chi connectivity index (χ2n) is 8.54. The fourth-order valence-corrected chi connectivity index (χ4v) is 4.73. The van der Waals surface area contributed by atoms with Gasteiger partial charge in [0.2, 0.25) is 0 Å². The van der Waals surface area contributed by atoms with Crippen molar-refractivity contribution in [2.24, 2.45) is 0 Å². The zero-order valence-electron chi connectivity index (χ0n) is 27.4. The van der Waals surface area contributed by atoms with E-state index in [1.54, 1.807) is 19.9 Å². The van der Waals surface area contributed by atoms with E-state index in [0.717, 1.165) is 4.68 Å². The average molecular weight is 527 g/mol. The summed E-state index contributed by atoms with van der Waals surface area (Å²) in [6, 6.07) is 1.47. The van der Waals surface area contributed by atoms with Crippen LogP contribution in [0.5, 0.6) is 0 Å². The van der Waals surface area contributed by atoms with Crippen LogP contribution < -0.4 is 5.32 Å². The number of ether oxygens (including phenoxy) is 1. The number of hydrogen-bond acceptors (Lipinski definition) is 10. The van der Waals surface area contributed by atoms with Gasteiger partial charge in [-0.25, -0.2) is 19.0 Å². The Balaban J connectivity index is 1.52. The highest BCUT2D eigenvalue weighted by atomic mass is 32.2. The Labute approximate surface area is 223 Å². The van der Waals surface area contributed by atoms with Crippen LogP contribution in [-0.4, -0.2) is 83.4 Å². The van der Waals surface area contributed by atoms with Crippen LogP contribution in [0.1, 0.15) is 60.2 Å². The molecule has 2 saturated carbocycles. The summed E-state index contributed by atoms with van der Waals surface area (Å²) in [6.07, 6.45) is -5.09. The smallest absolute Gasteiger partial charge is 0.191 e.